The fourth-order valence-electron chi connectivity index (χ4n) is 1.96. The van der Waals surface area contributed by atoms with Crippen LogP contribution in [0.2, 0.25) is 0 Å². The van der Waals surface area contributed by atoms with Gasteiger partial charge in [-0.1, -0.05) is 6.58 Å². The van der Waals surface area contributed by atoms with Gasteiger partial charge in [-0.05, 0) is 31.6 Å². The molecule has 0 aliphatic carbocycles. The molecule has 2 rings (SSSR count). The molecule has 1 aliphatic heterocycles. The van der Waals surface area contributed by atoms with Crippen molar-refractivity contribution in [1.29, 1.82) is 0 Å². The number of Topliss-reactive ketones (excluding diaryl/α,β-unsaturated/α-hetero) is 1. The van der Waals surface area contributed by atoms with Crippen molar-refractivity contribution in [3.8, 4) is 11.5 Å². The lowest BCUT2D eigenvalue weighted by Crippen LogP contribution is -2.13. The summed E-state index contributed by atoms with van der Waals surface area (Å²) in [5.41, 5.74) is 2.65. The SMILES string of the molecule is C=C(C)[C@@H]1Cc2cc(C(C)=O)cc(OC)c2O1. The highest BCUT2D eigenvalue weighted by atomic mass is 16.5. The van der Waals surface area contributed by atoms with Crippen molar-refractivity contribution in [3.05, 3.63) is 35.4 Å². The molecule has 17 heavy (non-hydrogen) atoms. The Morgan fingerprint density at radius 3 is 2.71 bits per heavy atom. The van der Waals surface area contributed by atoms with E-state index in [0.717, 1.165) is 23.3 Å². The molecular formula is C14H16O3. The van der Waals surface area contributed by atoms with Crippen LogP contribution in [0.5, 0.6) is 11.5 Å². The van der Waals surface area contributed by atoms with E-state index in [2.05, 4.69) is 6.58 Å². The molecule has 0 amide bonds. The topological polar surface area (TPSA) is 35.5 Å². The summed E-state index contributed by atoms with van der Waals surface area (Å²) < 4.78 is 11.1. The van der Waals surface area contributed by atoms with Gasteiger partial charge in [0.15, 0.2) is 17.3 Å². The van der Waals surface area contributed by atoms with Crippen molar-refractivity contribution in [2.75, 3.05) is 7.11 Å². The number of hydrogen-bond donors (Lipinski definition) is 0. The molecule has 0 radical (unpaired) electrons. The van der Waals surface area contributed by atoms with Gasteiger partial charge in [-0.3, -0.25) is 4.79 Å². The molecule has 0 bridgehead atoms. The van der Waals surface area contributed by atoms with E-state index in [-0.39, 0.29) is 11.9 Å². The number of carbonyl (C=O) groups is 1. The van der Waals surface area contributed by atoms with E-state index in [1.165, 1.54) is 0 Å². The fraction of sp³-hybridized carbons (Fsp3) is 0.357. The second-order valence-corrected chi connectivity index (χ2v) is 4.38. The molecule has 3 heteroatoms. The number of fused-ring (bicyclic) bond motifs is 1. The van der Waals surface area contributed by atoms with Gasteiger partial charge in [0, 0.05) is 17.5 Å². The van der Waals surface area contributed by atoms with Crippen LogP contribution in [0.3, 0.4) is 0 Å². The molecule has 1 aromatic carbocycles. The molecule has 0 unspecified atom stereocenters. The molecular weight excluding hydrogens is 216 g/mol. The summed E-state index contributed by atoms with van der Waals surface area (Å²) in [6.45, 7) is 7.39. The van der Waals surface area contributed by atoms with Crippen LogP contribution in [0.25, 0.3) is 0 Å². The van der Waals surface area contributed by atoms with Gasteiger partial charge in [-0.25, -0.2) is 0 Å². The zero-order chi connectivity index (χ0) is 12.6. The van der Waals surface area contributed by atoms with Crippen LogP contribution in [0.15, 0.2) is 24.3 Å². The van der Waals surface area contributed by atoms with Gasteiger partial charge >= 0.3 is 0 Å². The van der Waals surface area contributed by atoms with Gasteiger partial charge in [0.2, 0.25) is 0 Å². The number of ether oxygens (including phenoxy) is 2. The molecule has 0 aromatic heterocycles. The van der Waals surface area contributed by atoms with E-state index in [0.29, 0.717) is 11.3 Å². The first-order valence-electron chi connectivity index (χ1n) is 5.57. The third-order valence-corrected chi connectivity index (χ3v) is 2.97. The zero-order valence-electron chi connectivity index (χ0n) is 10.4. The van der Waals surface area contributed by atoms with Crippen molar-refractivity contribution < 1.29 is 14.3 Å². The van der Waals surface area contributed by atoms with Gasteiger partial charge in [-0.15, -0.1) is 0 Å². The van der Waals surface area contributed by atoms with E-state index < -0.39 is 0 Å². The van der Waals surface area contributed by atoms with Gasteiger partial charge in [0.05, 0.1) is 7.11 Å². The van der Waals surface area contributed by atoms with Crippen molar-refractivity contribution in [2.45, 2.75) is 26.4 Å². The van der Waals surface area contributed by atoms with E-state index >= 15 is 0 Å². The smallest absolute Gasteiger partial charge is 0.165 e. The van der Waals surface area contributed by atoms with Crippen molar-refractivity contribution in [3.63, 3.8) is 0 Å². The highest BCUT2D eigenvalue weighted by molar-refractivity contribution is 5.95. The average molecular weight is 232 g/mol. The van der Waals surface area contributed by atoms with Crippen LogP contribution in [0.1, 0.15) is 29.8 Å². The lowest BCUT2D eigenvalue weighted by atomic mass is 10.0. The normalized spacial score (nSPS) is 17.2. The largest absolute Gasteiger partial charge is 0.493 e. The lowest BCUT2D eigenvalue weighted by molar-refractivity contribution is 0.101. The molecule has 0 saturated heterocycles. The minimum Gasteiger partial charge on any atom is -0.493 e. The molecule has 0 N–H and O–H groups in total. The summed E-state index contributed by atoms with van der Waals surface area (Å²) in [7, 11) is 1.58. The number of ketones is 1. The second-order valence-electron chi connectivity index (χ2n) is 4.38. The third-order valence-electron chi connectivity index (χ3n) is 2.97. The van der Waals surface area contributed by atoms with Crippen LogP contribution in [0.4, 0.5) is 0 Å². The number of hydrogen-bond acceptors (Lipinski definition) is 3. The van der Waals surface area contributed by atoms with Crippen LogP contribution < -0.4 is 9.47 Å². The highest BCUT2D eigenvalue weighted by Gasteiger charge is 2.27. The molecule has 0 saturated carbocycles. The Hall–Kier alpha value is -1.77. The standard InChI is InChI=1S/C14H16O3/c1-8(2)12-7-11-5-10(9(3)15)6-13(16-4)14(11)17-12/h5-6,12H,1,7H2,2-4H3/t12-/m0/s1. The first kappa shape index (κ1) is 11.7. The molecule has 0 fully saturated rings. The minimum atomic E-state index is -0.0129. The fourth-order valence-corrected chi connectivity index (χ4v) is 1.96. The summed E-state index contributed by atoms with van der Waals surface area (Å²) >= 11 is 0. The Morgan fingerprint density at radius 2 is 2.18 bits per heavy atom. The molecule has 1 aromatic rings. The van der Waals surface area contributed by atoms with Gasteiger partial charge < -0.3 is 9.47 Å². The highest BCUT2D eigenvalue weighted by Crippen LogP contribution is 2.40. The summed E-state index contributed by atoms with van der Waals surface area (Å²) in [4.78, 5) is 11.4. The molecule has 1 aliphatic rings. The van der Waals surface area contributed by atoms with Crippen molar-refractivity contribution in [2.24, 2.45) is 0 Å². The predicted molar refractivity (Wildman–Crippen MR) is 65.9 cm³/mol. The Morgan fingerprint density at radius 1 is 1.47 bits per heavy atom. The maximum Gasteiger partial charge on any atom is 0.165 e. The predicted octanol–water partition coefficient (Wildman–Crippen LogP) is 2.78. The second kappa shape index (κ2) is 4.24. The molecule has 0 spiro atoms. The third kappa shape index (κ3) is 2.05. The van der Waals surface area contributed by atoms with Gasteiger partial charge in [-0.2, -0.15) is 0 Å². The lowest BCUT2D eigenvalue weighted by Gasteiger charge is -2.11. The van der Waals surface area contributed by atoms with Crippen molar-refractivity contribution >= 4 is 5.78 Å². The molecule has 90 valence electrons. The van der Waals surface area contributed by atoms with Crippen LogP contribution in [0, 0.1) is 0 Å². The Kier molecular flexibility index (Phi) is 2.92. The van der Waals surface area contributed by atoms with Crippen LogP contribution in [-0.2, 0) is 6.42 Å². The molecule has 1 heterocycles. The number of rotatable bonds is 3. The zero-order valence-corrected chi connectivity index (χ0v) is 10.4. The monoisotopic (exact) mass is 232 g/mol. The first-order chi connectivity index (χ1) is 8.02. The van der Waals surface area contributed by atoms with Gasteiger partial charge in [0.1, 0.15) is 6.10 Å². The molecule has 3 nitrogen and oxygen atoms in total. The van der Waals surface area contributed by atoms with E-state index in [9.17, 15) is 4.79 Å². The van der Waals surface area contributed by atoms with E-state index in [1.807, 2.05) is 13.0 Å². The summed E-state index contributed by atoms with van der Waals surface area (Å²) in [6, 6.07) is 3.60. The number of benzene rings is 1. The van der Waals surface area contributed by atoms with Crippen molar-refractivity contribution in [1.82, 2.24) is 0 Å². The minimum absolute atomic E-state index is 0.0129. The summed E-state index contributed by atoms with van der Waals surface area (Å²) in [5, 5.41) is 0. The number of methoxy groups -OCH3 is 1. The first-order valence-corrected chi connectivity index (χ1v) is 5.57. The quantitative estimate of drug-likeness (QED) is 0.593. The van der Waals surface area contributed by atoms with Crippen LogP contribution >= 0.6 is 0 Å². The summed E-state index contributed by atoms with van der Waals surface area (Å²) in [5.74, 6) is 1.40. The van der Waals surface area contributed by atoms with Crippen LogP contribution in [-0.4, -0.2) is 19.0 Å². The summed E-state index contributed by atoms with van der Waals surface area (Å²) in [6.07, 6.45) is 0.739. The van der Waals surface area contributed by atoms with E-state index in [4.69, 9.17) is 9.47 Å². The Bertz CT molecular complexity index is 488. The average Bonchev–Trinajstić information content (AvgIpc) is 2.71. The van der Waals surface area contributed by atoms with Gasteiger partial charge in [0.25, 0.3) is 0 Å². The number of carbonyl (C=O) groups excluding carboxylic acids is 1. The maximum atomic E-state index is 11.4. The Balaban J connectivity index is 2.45. The molecule has 1 atom stereocenters. The Labute approximate surface area is 101 Å². The maximum absolute atomic E-state index is 11.4. The van der Waals surface area contributed by atoms with E-state index in [1.54, 1.807) is 20.1 Å².